The van der Waals surface area contributed by atoms with Gasteiger partial charge in [0.1, 0.15) is 10.7 Å². The zero-order valence-electron chi connectivity index (χ0n) is 14.3. The van der Waals surface area contributed by atoms with Gasteiger partial charge in [-0.2, -0.15) is 0 Å². The van der Waals surface area contributed by atoms with Gasteiger partial charge in [0.15, 0.2) is 0 Å². The molecular formula is C19H27FN2OS. The second kappa shape index (κ2) is 7.12. The molecule has 1 aromatic rings. The van der Waals surface area contributed by atoms with Gasteiger partial charge in [-0.05, 0) is 68.0 Å². The summed E-state index contributed by atoms with van der Waals surface area (Å²) in [6.45, 7) is 5.26. The molecule has 3 nitrogen and oxygen atoms in total. The van der Waals surface area contributed by atoms with Crippen LogP contribution < -0.4 is 0 Å². The highest BCUT2D eigenvalue weighted by atomic mass is 32.1. The van der Waals surface area contributed by atoms with E-state index in [1.54, 1.807) is 5.38 Å². The SMILES string of the molecule is O=C(c1sccc1F)N1C[C@H]2CCN(CC3CCCC3)CC[C@H]2C1. The number of carbonyl (C=O) groups is 1. The first-order valence-electron chi connectivity index (χ1n) is 9.45. The zero-order valence-corrected chi connectivity index (χ0v) is 15.1. The van der Waals surface area contributed by atoms with Gasteiger partial charge in [0.25, 0.3) is 5.91 Å². The molecule has 0 N–H and O–H groups in total. The lowest BCUT2D eigenvalue weighted by Gasteiger charge is -2.24. The van der Waals surface area contributed by atoms with E-state index in [0.717, 1.165) is 19.0 Å². The summed E-state index contributed by atoms with van der Waals surface area (Å²) in [4.78, 5) is 17.4. The van der Waals surface area contributed by atoms with E-state index in [2.05, 4.69) is 4.90 Å². The summed E-state index contributed by atoms with van der Waals surface area (Å²) in [5.74, 6) is 1.66. The third-order valence-corrected chi connectivity index (χ3v) is 7.18. The van der Waals surface area contributed by atoms with Gasteiger partial charge in [0.2, 0.25) is 0 Å². The molecule has 0 radical (unpaired) electrons. The number of rotatable bonds is 3. The monoisotopic (exact) mass is 350 g/mol. The summed E-state index contributed by atoms with van der Waals surface area (Å²) in [5.41, 5.74) is 0. The quantitative estimate of drug-likeness (QED) is 0.826. The van der Waals surface area contributed by atoms with E-state index < -0.39 is 0 Å². The molecule has 5 heteroatoms. The summed E-state index contributed by atoms with van der Waals surface area (Å²) < 4.78 is 13.7. The number of halogens is 1. The average Bonchev–Trinajstić information content (AvgIpc) is 3.29. The van der Waals surface area contributed by atoms with Crippen LogP contribution in [0.15, 0.2) is 11.4 Å². The van der Waals surface area contributed by atoms with Crippen LogP contribution in [0.4, 0.5) is 4.39 Å². The maximum Gasteiger partial charge on any atom is 0.266 e. The molecule has 2 atom stereocenters. The molecule has 0 bridgehead atoms. The molecule has 0 aromatic carbocycles. The van der Waals surface area contributed by atoms with Crippen molar-refractivity contribution in [2.45, 2.75) is 38.5 Å². The molecule has 3 aliphatic rings. The lowest BCUT2D eigenvalue weighted by atomic mass is 9.92. The Morgan fingerprint density at radius 1 is 1.12 bits per heavy atom. The van der Waals surface area contributed by atoms with Crippen molar-refractivity contribution < 1.29 is 9.18 Å². The molecule has 0 spiro atoms. The molecule has 1 aromatic heterocycles. The highest BCUT2D eigenvalue weighted by molar-refractivity contribution is 7.12. The Balaban J connectivity index is 1.33. The Bertz CT molecular complexity index is 568. The highest BCUT2D eigenvalue weighted by Gasteiger charge is 2.38. The van der Waals surface area contributed by atoms with E-state index in [4.69, 9.17) is 0 Å². The number of thiophene rings is 1. The van der Waals surface area contributed by atoms with E-state index in [9.17, 15) is 9.18 Å². The molecule has 1 amide bonds. The largest absolute Gasteiger partial charge is 0.337 e. The van der Waals surface area contributed by atoms with Crippen molar-refractivity contribution >= 4 is 17.2 Å². The number of hydrogen-bond donors (Lipinski definition) is 0. The van der Waals surface area contributed by atoms with Crippen molar-refractivity contribution in [3.63, 3.8) is 0 Å². The van der Waals surface area contributed by atoms with Gasteiger partial charge in [-0.1, -0.05) is 12.8 Å². The Hall–Kier alpha value is -0.940. The predicted molar refractivity (Wildman–Crippen MR) is 94.8 cm³/mol. The third kappa shape index (κ3) is 3.38. The first-order valence-corrected chi connectivity index (χ1v) is 10.3. The van der Waals surface area contributed by atoms with Gasteiger partial charge in [0.05, 0.1) is 0 Å². The second-order valence-electron chi connectivity index (χ2n) is 7.86. The van der Waals surface area contributed by atoms with Crippen LogP contribution >= 0.6 is 11.3 Å². The van der Waals surface area contributed by atoms with E-state index >= 15 is 0 Å². The van der Waals surface area contributed by atoms with Crippen LogP contribution in [0.25, 0.3) is 0 Å². The minimum atomic E-state index is -0.361. The molecule has 2 aliphatic heterocycles. The molecule has 1 aliphatic carbocycles. The maximum atomic E-state index is 13.7. The minimum absolute atomic E-state index is 0.0987. The summed E-state index contributed by atoms with van der Waals surface area (Å²) in [7, 11) is 0. The smallest absolute Gasteiger partial charge is 0.266 e. The highest BCUT2D eigenvalue weighted by Crippen LogP contribution is 2.34. The molecule has 2 saturated heterocycles. The predicted octanol–water partition coefficient (Wildman–Crippen LogP) is 3.86. The minimum Gasteiger partial charge on any atom is -0.337 e. The van der Waals surface area contributed by atoms with Crippen LogP contribution in [0.3, 0.4) is 0 Å². The van der Waals surface area contributed by atoms with Crippen molar-refractivity contribution in [3.8, 4) is 0 Å². The summed E-state index contributed by atoms with van der Waals surface area (Å²) in [6, 6.07) is 1.40. The van der Waals surface area contributed by atoms with Crippen LogP contribution in [0, 0.1) is 23.6 Å². The zero-order chi connectivity index (χ0) is 16.5. The topological polar surface area (TPSA) is 23.6 Å². The van der Waals surface area contributed by atoms with Gasteiger partial charge in [-0.15, -0.1) is 11.3 Å². The van der Waals surface area contributed by atoms with Gasteiger partial charge in [0, 0.05) is 19.6 Å². The van der Waals surface area contributed by atoms with Crippen molar-refractivity contribution in [2.24, 2.45) is 17.8 Å². The van der Waals surface area contributed by atoms with Gasteiger partial charge >= 0.3 is 0 Å². The number of likely N-dealkylation sites (tertiary alicyclic amines) is 2. The maximum absolute atomic E-state index is 13.7. The van der Waals surface area contributed by atoms with Crippen LogP contribution in [0.2, 0.25) is 0 Å². The molecule has 24 heavy (non-hydrogen) atoms. The fourth-order valence-corrected chi connectivity index (χ4v) is 5.63. The first kappa shape index (κ1) is 16.5. The van der Waals surface area contributed by atoms with Crippen LogP contribution in [0.5, 0.6) is 0 Å². The Kier molecular flexibility index (Phi) is 4.90. The average molecular weight is 351 g/mol. The third-order valence-electron chi connectivity index (χ3n) is 6.30. The fraction of sp³-hybridized carbons (Fsp3) is 0.737. The van der Waals surface area contributed by atoms with E-state index in [-0.39, 0.29) is 16.6 Å². The summed E-state index contributed by atoms with van der Waals surface area (Å²) in [5, 5.41) is 1.66. The summed E-state index contributed by atoms with van der Waals surface area (Å²) in [6.07, 6.45) is 8.04. The summed E-state index contributed by atoms with van der Waals surface area (Å²) >= 11 is 1.23. The number of fused-ring (bicyclic) bond motifs is 1. The van der Waals surface area contributed by atoms with Crippen LogP contribution in [-0.4, -0.2) is 48.4 Å². The lowest BCUT2D eigenvalue weighted by molar-refractivity contribution is 0.0780. The number of nitrogens with zero attached hydrogens (tertiary/aromatic N) is 2. The van der Waals surface area contributed by atoms with Crippen LogP contribution in [0.1, 0.15) is 48.2 Å². The normalized spacial score (nSPS) is 29.0. The van der Waals surface area contributed by atoms with E-state index in [1.165, 1.54) is 75.6 Å². The fourth-order valence-electron chi connectivity index (χ4n) is 4.90. The molecule has 0 unspecified atom stereocenters. The van der Waals surface area contributed by atoms with Gasteiger partial charge in [-0.3, -0.25) is 4.79 Å². The molecule has 4 rings (SSSR count). The number of hydrogen-bond acceptors (Lipinski definition) is 3. The Morgan fingerprint density at radius 3 is 2.38 bits per heavy atom. The molecule has 1 saturated carbocycles. The van der Waals surface area contributed by atoms with Crippen molar-refractivity contribution in [2.75, 3.05) is 32.7 Å². The Morgan fingerprint density at radius 2 is 1.79 bits per heavy atom. The molecule has 3 heterocycles. The standard InChI is InChI=1S/C19H27FN2OS/c20-17-7-10-24-18(17)19(23)22-12-15-5-8-21(9-6-16(15)13-22)11-14-3-1-2-4-14/h7,10,14-16H,1-6,8-9,11-13H2/t15-,16+. The van der Waals surface area contributed by atoms with Gasteiger partial charge in [-0.25, -0.2) is 4.39 Å². The van der Waals surface area contributed by atoms with Gasteiger partial charge < -0.3 is 9.80 Å². The lowest BCUT2D eigenvalue weighted by Crippen LogP contribution is -2.32. The molecular weight excluding hydrogens is 323 g/mol. The molecule has 3 fully saturated rings. The van der Waals surface area contributed by atoms with Crippen LogP contribution in [-0.2, 0) is 0 Å². The van der Waals surface area contributed by atoms with Crippen molar-refractivity contribution in [1.82, 2.24) is 9.80 Å². The van der Waals surface area contributed by atoms with Crippen molar-refractivity contribution in [1.29, 1.82) is 0 Å². The molecule has 132 valence electrons. The second-order valence-corrected chi connectivity index (χ2v) is 8.77. The van der Waals surface area contributed by atoms with Crippen molar-refractivity contribution in [3.05, 3.63) is 22.1 Å². The van der Waals surface area contributed by atoms with E-state index in [1.807, 2.05) is 4.90 Å². The first-order chi connectivity index (χ1) is 11.7. The number of carbonyl (C=O) groups excluding carboxylic acids is 1. The Labute approximate surface area is 147 Å². The van der Waals surface area contributed by atoms with E-state index in [0.29, 0.717) is 11.8 Å². The number of amides is 1.